The van der Waals surface area contributed by atoms with Gasteiger partial charge < -0.3 is 0 Å². The maximum Gasteiger partial charge on any atom is 0.416 e. The Hall–Kier alpha value is -3.56. The van der Waals surface area contributed by atoms with Crippen LogP contribution in [-0.4, -0.2) is 14.1 Å². The van der Waals surface area contributed by atoms with Crippen LogP contribution in [0.25, 0.3) is 22.5 Å². The molecule has 0 saturated carbocycles. The number of halogens is 6. The molecule has 4 rings (SSSR count). The monoisotopic (exact) mass is 423 g/mol. The molecule has 0 aliphatic carbocycles. The van der Waals surface area contributed by atoms with Gasteiger partial charge in [0.05, 0.1) is 28.0 Å². The van der Waals surface area contributed by atoms with Crippen molar-refractivity contribution in [3.05, 3.63) is 88.5 Å². The number of benzene rings is 2. The minimum absolute atomic E-state index is 0.0132. The summed E-state index contributed by atoms with van der Waals surface area (Å²) in [4.78, 5) is 17.2. The minimum Gasteiger partial charge on any atom is -0.258 e. The van der Waals surface area contributed by atoms with E-state index in [9.17, 15) is 31.1 Å². The SMILES string of the molecule is O=c1n(-c2cccc(C(F)(F)F)c2)c2cccnc2n1-c1cccc(C(F)(F)F)c1. The molecule has 2 aromatic heterocycles. The third-order valence-corrected chi connectivity index (χ3v) is 4.46. The molecular formula is C20H11F6N3O. The molecule has 0 saturated heterocycles. The Morgan fingerprint density at radius 1 is 0.700 bits per heavy atom. The number of fused-ring (bicyclic) bond motifs is 1. The van der Waals surface area contributed by atoms with Crippen LogP contribution in [0, 0.1) is 0 Å². The van der Waals surface area contributed by atoms with Crippen molar-refractivity contribution in [3.8, 4) is 11.4 Å². The first-order valence-corrected chi connectivity index (χ1v) is 8.51. The van der Waals surface area contributed by atoms with Gasteiger partial charge in [-0.05, 0) is 48.5 Å². The van der Waals surface area contributed by atoms with Crippen LogP contribution in [0.3, 0.4) is 0 Å². The molecule has 4 nitrogen and oxygen atoms in total. The van der Waals surface area contributed by atoms with Crippen LogP contribution in [0.4, 0.5) is 26.3 Å². The second-order valence-electron chi connectivity index (χ2n) is 6.40. The van der Waals surface area contributed by atoms with E-state index >= 15 is 0 Å². The zero-order chi connectivity index (χ0) is 21.7. The third-order valence-electron chi connectivity index (χ3n) is 4.46. The lowest BCUT2D eigenvalue weighted by atomic mass is 10.2. The predicted octanol–water partition coefficient (Wildman–Crippen LogP) is 5.21. The van der Waals surface area contributed by atoms with E-state index in [0.717, 1.165) is 45.5 Å². The van der Waals surface area contributed by atoms with Crippen molar-refractivity contribution >= 4 is 11.2 Å². The maximum absolute atomic E-state index is 13.1. The van der Waals surface area contributed by atoms with Gasteiger partial charge in [-0.2, -0.15) is 26.3 Å². The number of aromatic nitrogens is 3. The zero-order valence-corrected chi connectivity index (χ0v) is 14.9. The summed E-state index contributed by atoms with van der Waals surface area (Å²) >= 11 is 0. The Kier molecular flexibility index (Phi) is 4.44. The van der Waals surface area contributed by atoms with Crippen LogP contribution in [0.1, 0.15) is 11.1 Å². The molecule has 0 aliphatic heterocycles. The molecule has 0 bridgehead atoms. The Balaban J connectivity index is 2.01. The first-order valence-electron chi connectivity index (χ1n) is 8.51. The molecular weight excluding hydrogens is 412 g/mol. The molecule has 0 radical (unpaired) electrons. The van der Waals surface area contributed by atoms with Gasteiger partial charge in [-0.1, -0.05) is 12.1 Å². The Labute approximate surface area is 164 Å². The van der Waals surface area contributed by atoms with E-state index in [1.54, 1.807) is 0 Å². The quantitative estimate of drug-likeness (QED) is 0.415. The van der Waals surface area contributed by atoms with Crippen molar-refractivity contribution in [2.45, 2.75) is 12.4 Å². The van der Waals surface area contributed by atoms with E-state index in [2.05, 4.69) is 4.98 Å². The van der Waals surface area contributed by atoms with E-state index in [4.69, 9.17) is 0 Å². The van der Waals surface area contributed by atoms with Crippen LogP contribution < -0.4 is 5.69 Å². The fourth-order valence-corrected chi connectivity index (χ4v) is 3.15. The summed E-state index contributed by atoms with van der Waals surface area (Å²) in [7, 11) is 0. The van der Waals surface area contributed by atoms with E-state index in [1.165, 1.54) is 30.5 Å². The van der Waals surface area contributed by atoms with E-state index < -0.39 is 29.2 Å². The van der Waals surface area contributed by atoms with Crippen molar-refractivity contribution in [2.75, 3.05) is 0 Å². The van der Waals surface area contributed by atoms with Gasteiger partial charge in [0.15, 0.2) is 5.65 Å². The first kappa shape index (κ1) is 19.7. The Morgan fingerprint density at radius 3 is 1.77 bits per heavy atom. The minimum atomic E-state index is -4.63. The molecule has 154 valence electrons. The van der Waals surface area contributed by atoms with E-state index in [-0.39, 0.29) is 22.5 Å². The average molecular weight is 423 g/mol. The lowest BCUT2D eigenvalue weighted by Gasteiger charge is -2.10. The highest BCUT2D eigenvalue weighted by Crippen LogP contribution is 2.32. The van der Waals surface area contributed by atoms with Gasteiger partial charge >= 0.3 is 18.0 Å². The van der Waals surface area contributed by atoms with Gasteiger partial charge in [-0.25, -0.2) is 14.3 Å². The van der Waals surface area contributed by atoms with Crippen LogP contribution in [0.5, 0.6) is 0 Å². The average Bonchev–Trinajstić information content (AvgIpc) is 2.98. The van der Waals surface area contributed by atoms with Crippen LogP contribution >= 0.6 is 0 Å². The summed E-state index contributed by atoms with van der Waals surface area (Å²) < 4.78 is 80.6. The number of rotatable bonds is 2. The van der Waals surface area contributed by atoms with Crippen LogP contribution in [-0.2, 0) is 12.4 Å². The van der Waals surface area contributed by atoms with E-state index in [1.807, 2.05) is 0 Å². The van der Waals surface area contributed by atoms with Gasteiger partial charge in [0, 0.05) is 6.20 Å². The summed E-state index contributed by atoms with van der Waals surface area (Å²) in [6, 6.07) is 11.1. The smallest absolute Gasteiger partial charge is 0.258 e. The fourth-order valence-electron chi connectivity index (χ4n) is 3.15. The van der Waals surface area contributed by atoms with Gasteiger partial charge in [0.2, 0.25) is 0 Å². The topological polar surface area (TPSA) is 39.8 Å². The van der Waals surface area contributed by atoms with Gasteiger partial charge in [0.25, 0.3) is 0 Å². The largest absolute Gasteiger partial charge is 0.416 e. The van der Waals surface area contributed by atoms with Crippen molar-refractivity contribution < 1.29 is 26.3 Å². The number of hydrogen-bond donors (Lipinski definition) is 0. The van der Waals surface area contributed by atoms with Gasteiger partial charge in [-0.3, -0.25) is 4.57 Å². The second-order valence-corrected chi connectivity index (χ2v) is 6.40. The van der Waals surface area contributed by atoms with Crippen molar-refractivity contribution in [1.29, 1.82) is 0 Å². The highest BCUT2D eigenvalue weighted by Gasteiger charge is 2.32. The predicted molar refractivity (Wildman–Crippen MR) is 96.7 cm³/mol. The van der Waals surface area contributed by atoms with Crippen LogP contribution in [0.15, 0.2) is 71.7 Å². The molecule has 2 aromatic carbocycles. The molecule has 0 fully saturated rings. The van der Waals surface area contributed by atoms with Gasteiger partial charge in [0.1, 0.15) is 0 Å². The summed E-state index contributed by atoms with van der Waals surface area (Å²) in [5.41, 5.74) is -2.80. The molecule has 0 aliphatic rings. The molecule has 0 atom stereocenters. The summed E-state index contributed by atoms with van der Waals surface area (Å²) in [6.07, 6.45) is -7.92. The van der Waals surface area contributed by atoms with Gasteiger partial charge in [-0.15, -0.1) is 0 Å². The summed E-state index contributed by atoms with van der Waals surface area (Å²) in [6.45, 7) is 0. The first-order chi connectivity index (χ1) is 14.1. The highest BCUT2D eigenvalue weighted by atomic mass is 19.4. The molecule has 0 N–H and O–H groups in total. The van der Waals surface area contributed by atoms with Crippen molar-refractivity contribution in [2.24, 2.45) is 0 Å². The summed E-state index contributed by atoms with van der Waals surface area (Å²) in [5.74, 6) is 0. The number of hydrogen-bond acceptors (Lipinski definition) is 2. The number of pyridine rings is 1. The Bertz CT molecular complexity index is 1200. The lowest BCUT2D eigenvalue weighted by Crippen LogP contribution is -2.23. The van der Waals surface area contributed by atoms with Crippen molar-refractivity contribution in [3.63, 3.8) is 0 Å². The Morgan fingerprint density at radius 2 is 1.23 bits per heavy atom. The molecule has 0 spiro atoms. The molecule has 0 unspecified atom stereocenters. The maximum atomic E-state index is 13.1. The standard InChI is InChI=1S/C20H11F6N3O/c21-19(22,23)12-4-1-6-14(10-12)28-16-8-3-9-27-17(16)29(18(28)30)15-7-2-5-13(11-15)20(24,25)26/h1-11H. The number of imidazole rings is 1. The summed E-state index contributed by atoms with van der Waals surface area (Å²) in [5, 5.41) is 0. The van der Waals surface area contributed by atoms with Crippen LogP contribution in [0.2, 0.25) is 0 Å². The zero-order valence-electron chi connectivity index (χ0n) is 14.9. The molecule has 30 heavy (non-hydrogen) atoms. The second kappa shape index (κ2) is 6.75. The fraction of sp³-hybridized carbons (Fsp3) is 0.100. The normalized spacial score (nSPS) is 12.5. The molecule has 2 heterocycles. The van der Waals surface area contributed by atoms with Crippen molar-refractivity contribution in [1.82, 2.24) is 14.1 Å². The molecule has 10 heteroatoms. The number of alkyl halides is 6. The third kappa shape index (κ3) is 3.34. The van der Waals surface area contributed by atoms with E-state index in [0.29, 0.717) is 0 Å². The molecule has 4 aromatic rings. The highest BCUT2D eigenvalue weighted by molar-refractivity contribution is 5.76. The number of nitrogens with zero attached hydrogens (tertiary/aromatic N) is 3. The molecule has 0 amide bonds. The lowest BCUT2D eigenvalue weighted by molar-refractivity contribution is -0.138.